The Morgan fingerprint density at radius 2 is 1.83 bits per heavy atom. The SMILES string of the molecule is CCC(Cc1ccc(CI)cc1)N(c1nc(-c2ccc(Cl)cc2Cl)c(C)s1)C1CC1. The molecule has 1 unspecified atom stereocenters. The lowest BCUT2D eigenvalue weighted by molar-refractivity contribution is 0.564. The Morgan fingerprint density at radius 1 is 1.13 bits per heavy atom. The summed E-state index contributed by atoms with van der Waals surface area (Å²) in [5.41, 5.74) is 4.71. The first-order valence-corrected chi connectivity index (χ1v) is 13.4. The second kappa shape index (κ2) is 9.76. The smallest absolute Gasteiger partial charge is 0.186 e. The average Bonchev–Trinajstić information content (AvgIpc) is 3.50. The molecular formula is C24H25Cl2IN2S. The van der Waals surface area contributed by atoms with E-state index in [9.17, 15) is 0 Å². The molecule has 0 aliphatic heterocycles. The van der Waals surface area contributed by atoms with Crippen molar-refractivity contribution in [2.45, 2.75) is 56.0 Å². The first kappa shape index (κ1) is 22.4. The molecule has 158 valence electrons. The lowest BCUT2D eigenvalue weighted by Gasteiger charge is -2.31. The van der Waals surface area contributed by atoms with Gasteiger partial charge < -0.3 is 4.90 Å². The number of thiazole rings is 1. The molecule has 0 spiro atoms. The van der Waals surface area contributed by atoms with Gasteiger partial charge in [-0.15, -0.1) is 11.3 Å². The van der Waals surface area contributed by atoms with Gasteiger partial charge in [-0.3, -0.25) is 0 Å². The van der Waals surface area contributed by atoms with E-state index >= 15 is 0 Å². The number of anilines is 1. The van der Waals surface area contributed by atoms with Crippen molar-refractivity contribution in [3.63, 3.8) is 0 Å². The van der Waals surface area contributed by atoms with E-state index in [1.54, 1.807) is 17.4 Å². The molecule has 1 atom stereocenters. The highest BCUT2D eigenvalue weighted by atomic mass is 127. The van der Waals surface area contributed by atoms with Crippen LogP contribution >= 0.6 is 57.1 Å². The molecule has 6 heteroatoms. The zero-order chi connectivity index (χ0) is 21.3. The summed E-state index contributed by atoms with van der Waals surface area (Å²) < 4.78 is 1.05. The van der Waals surface area contributed by atoms with Gasteiger partial charge in [-0.25, -0.2) is 4.98 Å². The molecule has 0 radical (unpaired) electrons. The van der Waals surface area contributed by atoms with Crippen LogP contribution in [0.1, 0.15) is 42.2 Å². The van der Waals surface area contributed by atoms with E-state index in [0.717, 1.165) is 33.7 Å². The van der Waals surface area contributed by atoms with Gasteiger partial charge in [0.2, 0.25) is 0 Å². The molecule has 1 aromatic heterocycles. The molecule has 1 heterocycles. The van der Waals surface area contributed by atoms with E-state index in [4.69, 9.17) is 28.2 Å². The molecule has 1 saturated carbocycles. The lowest BCUT2D eigenvalue weighted by Crippen LogP contribution is -2.38. The van der Waals surface area contributed by atoms with Gasteiger partial charge in [0.15, 0.2) is 5.13 Å². The summed E-state index contributed by atoms with van der Waals surface area (Å²) in [6.07, 6.45) is 4.64. The van der Waals surface area contributed by atoms with E-state index in [2.05, 4.69) is 65.6 Å². The molecule has 30 heavy (non-hydrogen) atoms. The monoisotopic (exact) mass is 570 g/mol. The number of rotatable bonds is 8. The summed E-state index contributed by atoms with van der Waals surface area (Å²) in [5.74, 6) is 0. The fraction of sp³-hybridized carbons (Fsp3) is 0.375. The van der Waals surface area contributed by atoms with Gasteiger partial charge in [0.1, 0.15) is 0 Å². The maximum atomic E-state index is 6.49. The Kier molecular flexibility index (Phi) is 7.28. The summed E-state index contributed by atoms with van der Waals surface area (Å²) in [7, 11) is 0. The second-order valence-electron chi connectivity index (χ2n) is 7.88. The third-order valence-corrected chi connectivity index (χ3v) is 8.06. The molecule has 0 saturated heterocycles. The first-order valence-electron chi connectivity index (χ1n) is 10.3. The Bertz CT molecular complexity index is 1010. The topological polar surface area (TPSA) is 16.1 Å². The third kappa shape index (κ3) is 4.98. The van der Waals surface area contributed by atoms with Gasteiger partial charge in [0.05, 0.1) is 10.7 Å². The van der Waals surface area contributed by atoms with Crippen LogP contribution in [0.3, 0.4) is 0 Å². The fourth-order valence-electron chi connectivity index (χ4n) is 3.86. The Balaban J connectivity index is 1.63. The average molecular weight is 571 g/mol. The van der Waals surface area contributed by atoms with Crippen molar-refractivity contribution in [2.75, 3.05) is 4.90 Å². The van der Waals surface area contributed by atoms with Crippen LogP contribution in [0, 0.1) is 6.92 Å². The Labute approximate surface area is 206 Å². The van der Waals surface area contributed by atoms with Crippen molar-refractivity contribution >= 4 is 62.3 Å². The van der Waals surface area contributed by atoms with Crippen molar-refractivity contribution < 1.29 is 0 Å². The van der Waals surface area contributed by atoms with Crippen LogP contribution in [0.5, 0.6) is 0 Å². The molecule has 2 aromatic carbocycles. The Morgan fingerprint density at radius 3 is 2.43 bits per heavy atom. The number of halogens is 3. The van der Waals surface area contributed by atoms with Gasteiger partial charge in [0, 0.05) is 32.0 Å². The van der Waals surface area contributed by atoms with Gasteiger partial charge in [-0.05, 0) is 61.9 Å². The summed E-state index contributed by atoms with van der Waals surface area (Å²) in [5, 5.41) is 2.42. The minimum Gasteiger partial charge on any atom is -0.342 e. The normalized spacial score (nSPS) is 14.7. The van der Waals surface area contributed by atoms with Crippen LogP contribution in [0.25, 0.3) is 11.3 Å². The van der Waals surface area contributed by atoms with Crippen LogP contribution in [-0.2, 0) is 10.8 Å². The predicted octanol–water partition coefficient (Wildman–Crippen LogP) is 8.35. The predicted molar refractivity (Wildman–Crippen MR) is 140 cm³/mol. The summed E-state index contributed by atoms with van der Waals surface area (Å²) >= 11 is 16.8. The summed E-state index contributed by atoms with van der Waals surface area (Å²) in [4.78, 5) is 8.86. The number of hydrogen-bond acceptors (Lipinski definition) is 3. The summed E-state index contributed by atoms with van der Waals surface area (Å²) in [6.45, 7) is 4.42. The lowest BCUT2D eigenvalue weighted by atomic mass is 10.0. The molecule has 1 aliphatic carbocycles. The van der Waals surface area contributed by atoms with Crippen molar-refractivity contribution in [1.29, 1.82) is 0 Å². The zero-order valence-electron chi connectivity index (χ0n) is 17.2. The number of aromatic nitrogens is 1. The van der Waals surface area contributed by atoms with Crippen molar-refractivity contribution in [3.8, 4) is 11.3 Å². The van der Waals surface area contributed by atoms with Crippen molar-refractivity contribution in [3.05, 3.63) is 68.5 Å². The molecule has 3 aromatic rings. The molecule has 2 nitrogen and oxygen atoms in total. The highest BCUT2D eigenvalue weighted by molar-refractivity contribution is 14.1. The molecule has 0 N–H and O–H groups in total. The Hall–Kier alpha value is -0.820. The van der Waals surface area contributed by atoms with Crippen molar-refractivity contribution in [2.24, 2.45) is 0 Å². The molecular weight excluding hydrogens is 546 g/mol. The van der Waals surface area contributed by atoms with E-state index in [1.165, 1.54) is 28.8 Å². The maximum Gasteiger partial charge on any atom is 0.186 e. The van der Waals surface area contributed by atoms with Crippen LogP contribution in [0.4, 0.5) is 5.13 Å². The van der Waals surface area contributed by atoms with Crippen LogP contribution in [0.15, 0.2) is 42.5 Å². The van der Waals surface area contributed by atoms with E-state index < -0.39 is 0 Å². The highest BCUT2D eigenvalue weighted by Gasteiger charge is 2.35. The van der Waals surface area contributed by atoms with E-state index in [-0.39, 0.29) is 0 Å². The number of hydrogen-bond donors (Lipinski definition) is 0. The van der Waals surface area contributed by atoms with Gasteiger partial charge in [-0.1, -0.05) is 77.0 Å². The van der Waals surface area contributed by atoms with Crippen LogP contribution < -0.4 is 4.90 Å². The van der Waals surface area contributed by atoms with E-state index in [1.807, 2.05) is 12.1 Å². The van der Waals surface area contributed by atoms with Crippen LogP contribution in [-0.4, -0.2) is 17.1 Å². The molecule has 4 rings (SSSR count). The maximum absolute atomic E-state index is 6.49. The standard InChI is InChI=1S/C24H25Cl2IN2S/c1-3-19(12-16-4-6-17(14-27)7-5-16)29(20-9-10-20)24-28-23(15(2)30-24)21-11-8-18(25)13-22(21)26/h4-8,11,13,19-20H,3,9-10,12,14H2,1-2H3. The number of benzene rings is 2. The second-order valence-corrected chi connectivity index (χ2v) is 10.7. The zero-order valence-corrected chi connectivity index (χ0v) is 21.7. The van der Waals surface area contributed by atoms with Crippen molar-refractivity contribution in [1.82, 2.24) is 4.98 Å². The third-order valence-electron chi connectivity index (χ3n) is 5.65. The molecule has 0 bridgehead atoms. The van der Waals surface area contributed by atoms with Gasteiger partial charge in [0.25, 0.3) is 0 Å². The fourth-order valence-corrected chi connectivity index (χ4v) is 5.94. The number of alkyl halides is 1. The summed E-state index contributed by atoms with van der Waals surface area (Å²) in [6, 6.07) is 15.8. The van der Waals surface area contributed by atoms with E-state index in [0.29, 0.717) is 22.1 Å². The van der Waals surface area contributed by atoms with Crippen LogP contribution in [0.2, 0.25) is 10.0 Å². The molecule has 1 fully saturated rings. The largest absolute Gasteiger partial charge is 0.342 e. The minimum atomic E-state index is 0.446. The first-order chi connectivity index (χ1) is 14.5. The number of aryl methyl sites for hydroxylation is 1. The van der Waals surface area contributed by atoms with Gasteiger partial charge >= 0.3 is 0 Å². The number of nitrogens with zero attached hydrogens (tertiary/aromatic N) is 2. The quantitative estimate of drug-likeness (QED) is 0.200. The highest BCUT2D eigenvalue weighted by Crippen LogP contribution is 2.42. The molecule has 1 aliphatic rings. The minimum absolute atomic E-state index is 0.446. The van der Waals surface area contributed by atoms with Gasteiger partial charge in [-0.2, -0.15) is 0 Å². The molecule has 0 amide bonds.